The second-order valence-corrected chi connectivity index (χ2v) is 9.02. The van der Waals surface area contributed by atoms with E-state index in [9.17, 15) is 5.26 Å². The average Bonchev–Trinajstić information content (AvgIpc) is 2.86. The van der Waals surface area contributed by atoms with Gasteiger partial charge in [0.05, 0.1) is 17.1 Å². The fourth-order valence-corrected chi connectivity index (χ4v) is 5.05. The van der Waals surface area contributed by atoms with Crippen LogP contribution in [-0.2, 0) is 0 Å². The molecule has 3 atom stereocenters. The Morgan fingerprint density at radius 1 is 1.10 bits per heavy atom. The summed E-state index contributed by atoms with van der Waals surface area (Å²) in [5.41, 5.74) is 3.28. The number of fused-ring (bicyclic) bond motifs is 3. The smallest absolute Gasteiger partial charge is 0.206 e. The van der Waals surface area contributed by atoms with Gasteiger partial charge in [-0.2, -0.15) is 5.26 Å². The van der Waals surface area contributed by atoms with Gasteiger partial charge < -0.3 is 9.80 Å². The normalized spacial score (nSPS) is 26.6. The Hall–Kier alpha value is -1.93. The zero-order chi connectivity index (χ0) is 21.3. The summed E-state index contributed by atoms with van der Waals surface area (Å²) in [5, 5.41) is 10.4. The van der Waals surface area contributed by atoms with Gasteiger partial charge in [0.1, 0.15) is 6.04 Å². The lowest BCUT2D eigenvalue weighted by atomic mass is 9.90. The molecule has 0 amide bonds. The van der Waals surface area contributed by atoms with Crippen molar-refractivity contribution >= 4 is 40.8 Å². The van der Waals surface area contributed by atoms with E-state index in [4.69, 9.17) is 39.8 Å². The summed E-state index contributed by atoms with van der Waals surface area (Å²) in [7, 11) is 0. The molecule has 0 saturated carbocycles. The molecule has 1 fully saturated rings. The number of rotatable bonds is 4. The number of guanidine groups is 1. The van der Waals surface area contributed by atoms with Gasteiger partial charge in [-0.25, -0.2) is 4.99 Å². The topological polar surface area (TPSA) is 42.6 Å². The maximum atomic E-state index is 9.35. The van der Waals surface area contributed by atoms with Crippen LogP contribution in [0.3, 0.4) is 0 Å². The Bertz CT molecular complexity index is 977. The van der Waals surface area contributed by atoms with Crippen LogP contribution in [0.5, 0.6) is 0 Å². The van der Waals surface area contributed by atoms with Crippen LogP contribution < -0.4 is 0 Å². The van der Waals surface area contributed by atoms with Gasteiger partial charge in [-0.05, 0) is 60.8 Å². The van der Waals surface area contributed by atoms with Crippen LogP contribution in [0.15, 0.2) is 74.6 Å². The number of nitriles is 1. The van der Waals surface area contributed by atoms with Gasteiger partial charge >= 0.3 is 0 Å². The lowest BCUT2D eigenvalue weighted by Crippen LogP contribution is -2.47. The zero-order valence-corrected chi connectivity index (χ0v) is 19.0. The first kappa shape index (κ1) is 21.3. The quantitative estimate of drug-likeness (QED) is 0.497. The standard InChI is InChI=1S/C23H23Cl3N4/c1-2-15(8-9-27)20-7-5-17(25)14-21-22(20)30-11-3-10-29(23(30)28-21)19-6-4-16(24)12-18(26)13-19/h4-7,12-15,18,21H,2-3,8,10-11H2,1H3. The number of halogens is 3. The van der Waals surface area contributed by atoms with Crippen LogP contribution >= 0.6 is 34.8 Å². The molecular weight excluding hydrogens is 439 g/mol. The maximum absolute atomic E-state index is 9.35. The Balaban J connectivity index is 1.76. The fourth-order valence-electron chi connectivity index (χ4n) is 4.34. The van der Waals surface area contributed by atoms with Crippen molar-refractivity contribution in [3.63, 3.8) is 0 Å². The van der Waals surface area contributed by atoms with Crippen LogP contribution in [0.2, 0.25) is 0 Å². The highest BCUT2D eigenvalue weighted by Gasteiger charge is 2.39. The van der Waals surface area contributed by atoms with Crippen LogP contribution in [-0.4, -0.2) is 40.3 Å². The Kier molecular flexibility index (Phi) is 6.43. The van der Waals surface area contributed by atoms with E-state index in [1.54, 1.807) is 0 Å². The van der Waals surface area contributed by atoms with E-state index in [-0.39, 0.29) is 17.3 Å². The number of allylic oxidation sites excluding steroid dienone is 9. The molecule has 2 aliphatic carbocycles. The first-order valence-electron chi connectivity index (χ1n) is 10.2. The molecule has 30 heavy (non-hydrogen) atoms. The van der Waals surface area contributed by atoms with Crippen molar-refractivity contribution in [2.45, 2.75) is 37.6 Å². The Labute approximate surface area is 192 Å². The largest absolute Gasteiger partial charge is 0.313 e. The third kappa shape index (κ3) is 4.12. The molecule has 0 aromatic carbocycles. The van der Waals surface area contributed by atoms with E-state index in [1.165, 1.54) is 0 Å². The molecule has 7 heteroatoms. The fraction of sp³-hybridized carbons (Fsp3) is 0.391. The molecule has 0 aromatic heterocycles. The molecule has 2 aliphatic heterocycles. The number of hydrogen-bond donors (Lipinski definition) is 0. The van der Waals surface area contributed by atoms with E-state index < -0.39 is 0 Å². The lowest BCUT2D eigenvalue weighted by Gasteiger charge is -2.38. The van der Waals surface area contributed by atoms with Crippen molar-refractivity contribution in [1.29, 1.82) is 5.26 Å². The summed E-state index contributed by atoms with van der Waals surface area (Å²) in [6.45, 7) is 3.86. The summed E-state index contributed by atoms with van der Waals surface area (Å²) in [5.74, 6) is 1.05. The third-order valence-corrected chi connectivity index (χ3v) is 6.51. The van der Waals surface area contributed by atoms with Crippen LogP contribution in [0.1, 0.15) is 26.2 Å². The third-order valence-electron chi connectivity index (χ3n) is 5.75. The molecule has 0 N–H and O–H groups in total. The van der Waals surface area contributed by atoms with Crippen molar-refractivity contribution < 1.29 is 0 Å². The molecule has 0 aromatic rings. The van der Waals surface area contributed by atoms with Crippen LogP contribution in [0.4, 0.5) is 0 Å². The predicted molar refractivity (Wildman–Crippen MR) is 124 cm³/mol. The number of aliphatic imine (C=N–C) groups is 1. The SMILES string of the molecule is CCC(CC#N)C1=C2C(C=C(Cl)C=C1)N=C1N(C3=CC(Cl)C=C(Cl)C=C3)CCCN12. The number of hydrogen-bond acceptors (Lipinski definition) is 4. The van der Waals surface area contributed by atoms with Gasteiger partial charge in [-0.1, -0.05) is 36.2 Å². The summed E-state index contributed by atoms with van der Waals surface area (Å²) < 4.78 is 0. The molecule has 0 radical (unpaired) electrons. The lowest BCUT2D eigenvalue weighted by molar-refractivity contribution is 0.341. The average molecular weight is 462 g/mol. The van der Waals surface area contributed by atoms with Gasteiger partial charge in [0.15, 0.2) is 0 Å². The highest BCUT2D eigenvalue weighted by atomic mass is 35.5. The van der Waals surface area contributed by atoms with Crippen molar-refractivity contribution in [3.8, 4) is 6.07 Å². The molecule has 4 aliphatic rings. The van der Waals surface area contributed by atoms with Gasteiger partial charge in [0.25, 0.3) is 0 Å². The highest BCUT2D eigenvalue weighted by Crippen LogP contribution is 2.38. The Morgan fingerprint density at radius 2 is 1.83 bits per heavy atom. The summed E-state index contributed by atoms with van der Waals surface area (Å²) in [4.78, 5) is 9.55. The van der Waals surface area contributed by atoms with Crippen LogP contribution in [0, 0.1) is 17.2 Å². The van der Waals surface area contributed by atoms with E-state index in [0.717, 1.165) is 48.9 Å². The zero-order valence-electron chi connectivity index (χ0n) is 16.7. The molecule has 1 saturated heterocycles. The second kappa shape index (κ2) is 9.06. The maximum Gasteiger partial charge on any atom is 0.206 e. The molecule has 0 spiro atoms. The first-order chi connectivity index (χ1) is 14.5. The molecule has 0 bridgehead atoms. The molecular formula is C23H23Cl3N4. The summed E-state index contributed by atoms with van der Waals surface area (Å²) >= 11 is 19.1. The number of alkyl halides is 1. The molecule has 3 unspecified atom stereocenters. The van der Waals surface area contributed by atoms with Crippen LogP contribution in [0.25, 0.3) is 0 Å². The van der Waals surface area contributed by atoms with E-state index in [1.807, 2.05) is 36.5 Å². The van der Waals surface area contributed by atoms with Gasteiger partial charge in [-0.3, -0.25) is 0 Å². The van der Waals surface area contributed by atoms with Crippen molar-refractivity contribution in [2.75, 3.05) is 13.1 Å². The van der Waals surface area contributed by atoms with Gasteiger partial charge in [0, 0.05) is 35.3 Å². The van der Waals surface area contributed by atoms with Crippen molar-refractivity contribution in [3.05, 3.63) is 69.6 Å². The Morgan fingerprint density at radius 3 is 2.60 bits per heavy atom. The van der Waals surface area contributed by atoms with E-state index in [2.05, 4.69) is 28.9 Å². The van der Waals surface area contributed by atoms with E-state index in [0.29, 0.717) is 16.5 Å². The minimum atomic E-state index is -0.280. The van der Waals surface area contributed by atoms with E-state index >= 15 is 0 Å². The molecule has 156 valence electrons. The minimum Gasteiger partial charge on any atom is -0.313 e. The number of nitrogens with zero attached hydrogens (tertiary/aromatic N) is 4. The van der Waals surface area contributed by atoms with Crippen molar-refractivity contribution in [1.82, 2.24) is 9.80 Å². The van der Waals surface area contributed by atoms with Crippen molar-refractivity contribution in [2.24, 2.45) is 10.9 Å². The molecule has 4 nitrogen and oxygen atoms in total. The highest BCUT2D eigenvalue weighted by molar-refractivity contribution is 6.32. The van der Waals surface area contributed by atoms with Gasteiger partial charge in [0.2, 0.25) is 5.96 Å². The predicted octanol–water partition coefficient (Wildman–Crippen LogP) is 5.80. The van der Waals surface area contributed by atoms with Gasteiger partial charge in [-0.15, -0.1) is 11.6 Å². The molecule has 4 rings (SSSR count). The first-order valence-corrected chi connectivity index (χ1v) is 11.4. The summed E-state index contributed by atoms with van der Waals surface area (Å²) in [6, 6.07) is 2.18. The second-order valence-electron chi connectivity index (χ2n) is 7.64. The summed E-state index contributed by atoms with van der Waals surface area (Å²) in [6.07, 6.45) is 16.0. The minimum absolute atomic E-state index is 0.150. The molecule has 2 heterocycles. The monoisotopic (exact) mass is 460 g/mol.